The Bertz CT molecular complexity index is 1190. The molecule has 0 saturated carbocycles. The van der Waals surface area contributed by atoms with E-state index in [-0.39, 0.29) is 18.8 Å². The van der Waals surface area contributed by atoms with Gasteiger partial charge in [-0.2, -0.15) is 13.2 Å². The highest BCUT2D eigenvalue weighted by molar-refractivity contribution is 5.87. The van der Waals surface area contributed by atoms with Crippen molar-refractivity contribution in [2.75, 3.05) is 27.9 Å². The predicted molar refractivity (Wildman–Crippen MR) is 116 cm³/mol. The number of hydrogen-bond donors (Lipinski definition) is 1. The number of nitrogens with one attached hydrogen (secondary N) is 1. The highest BCUT2D eigenvalue weighted by Crippen LogP contribution is 2.42. The van der Waals surface area contributed by atoms with Gasteiger partial charge in [-0.05, 0) is 30.3 Å². The van der Waals surface area contributed by atoms with Crippen LogP contribution >= 0.6 is 0 Å². The highest BCUT2D eigenvalue weighted by Gasteiger charge is 2.49. The summed E-state index contributed by atoms with van der Waals surface area (Å²) in [5.74, 6) is -0.702. The smallest absolute Gasteiger partial charge is 0.425 e. The summed E-state index contributed by atoms with van der Waals surface area (Å²) in [4.78, 5) is 20.2. The van der Waals surface area contributed by atoms with E-state index in [9.17, 15) is 18.0 Å². The van der Waals surface area contributed by atoms with Crippen molar-refractivity contribution in [1.29, 1.82) is 0 Å². The van der Waals surface area contributed by atoms with Gasteiger partial charge in [0.1, 0.15) is 0 Å². The van der Waals surface area contributed by atoms with Gasteiger partial charge in [0.15, 0.2) is 11.5 Å². The molecule has 1 aliphatic heterocycles. The van der Waals surface area contributed by atoms with Crippen LogP contribution in [0.3, 0.4) is 0 Å². The molecular formula is C23H22F3N3O5. The van der Waals surface area contributed by atoms with Gasteiger partial charge in [-0.25, -0.2) is 4.98 Å². The van der Waals surface area contributed by atoms with Crippen molar-refractivity contribution in [2.24, 2.45) is 5.92 Å². The number of carbonyl (C=O) groups excluding carboxylic acids is 1. The topological polar surface area (TPSA) is 91.8 Å². The van der Waals surface area contributed by atoms with Gasteiger partial charge in [0, 0.05) is 30.6 Å². The van der Waals surface area contributed by atoms with Crippen molar-refractivity contribution < 1.29 is 36.9 Å². The number of amides is 1. The standard InChI is InChI=1S/C23H22F3N3O5/c1-31-17-7-12(8-18(32-2)20(17)33-3)15-10-16-14(5-4-6-27-16)22(29-15)34-21(23(24,25)26)13-9-19(30)28-11-13/h4-8,10,13,21H,9,11H2,1-3H3,(H,28,30)/t13-,21?/m1/s1. The minimum absolute atomic E-state index is 0.133. The molecule has 1 unspecified atom stereocenters. The zero-order valence-electron chi connectivity index (χ0n) is 18.6. The molecule has 0 bridgehead atoms. The summed E-state index contributed by atoms with van der Waals surface area (Å²) in [6.45, 7) is -0.133. The summed E-state index contributed by atoms with van der Waals surface area (Å²) in [6, 6.07) is 8.05. The number of pyridine rings is 2. The molecule has 34 heavy (non-hydrogen) atoms. The number of aromatic nitrogens is 2. The van der Waals surface area contributed by atoms with Crippen molar-refractivity contribution in [3.05, 3.63) is 36.5 Å². The van der Waals surface area contributed by atoms with E-state index in [2.05, 4.69) is 15.3 Å². The van der Waals surface area contributed by atoms with Crippen molar-refractivity contribution >= 4 is 16.8 Å². The lowest BCUT2D eigenvalue weighted by Gasteiger charge is -2.26. The first kappa shape index (κ1) is 23.4. The van der Waals surface area contributed by atoms with E-state index in [4.69, 9.17) is 18.9 Å². The average Bonchev–Trinajstić information content (AvgIpc) is 3.25. The molecule has 0 aliphatic carbocycles. The first-order valence-electron chi connectivity index (χ1n) is 10.3. The average molecular weight is 477 g/mol. The van der Waals surface area contributed by atoms with Crippen LogP contribution in [0.1, 0.15) is 6.42 Å². The van der Waals surface area contributed by atoms with Crippen LogP contribution in [0.4, 0.5) is 13.2 Å². The van der Waals surface area contributed by atoms with Crippen molar-refractivity contribution in [3.63, 3.8) is 0 Å². The van der Waals surface area contributed by atoms with Gasteiger partial charge in [-0.1, -0.05) is 0 Å². The van der Waals surface area contributed by atoms with Gasteiger partial charge < -0.3 is 24.3 Å². The Labute approximate surface area is 193 Å². The molecule has 3 aromatic rings. The first-order chi connectivity index (χ1) is 16.2. The van der Waals surface area contributed by atoms with Gasteiger partial charge >= 0.3 is 6.18 Å². The lowest BCUT2D eigenvalue weighted by Crippen LogP contribution is -2.42. The molecule has 4 rings (SSSR count). The fraction of sp³-hybridized carbons (Fsp3) is 0.348. The minimum Gasteiger partial charge on any atom is -0.493 e. The third kappa shape index (κ3) is 4.50. The van der Waals surface area contributed by atoms with Gasteiger partial charge in [-0.15, -0.1) is 0 Å². The van der Waals surface area contributed by atoms with Gasteiger partial charge in [0.25, 0.3) is 0 Å². The summed E-state index contributed by atoms with van der Waals surface area (Å²) < 4.78 is 63.4. The minimum atomic E-state index is -4.71. The number of fused-ring (bicyclic) bond motifs is 1. The van der Waals surface area contributed by atoms with E-state index in [1.54, 1.807) is 30.3 Å². The molecule has 1 saturated heterocycles. The monoisotopic (exact) mass is 477 g/mol. The Morgan fingerprint density at radius 2 is 1.79 bits per heavy atom. The maximum Gasteiger partial charge on any atom is 0.425 e. The fourth-order valence-corrected chi connectivity index (χ4v) is 3.90. The molecule has 2 aromatic heterocycles. The number of ether oxygens (including phenoxy) is 4. The lowest BCUT2D eigenvalue weighted by molar-refractivity contribution is -0.208. The van der Waals surface area contributed by atoms with Crippen LogP contribution in [0.2, 0.25) is 0 Å². The van der Waals surface area contributed by atoms with E-state index in [1.165, 1.54) is 27.5 Å². The number of benzene rings is 1. The van der Waals surface area contributed by atoms with E-state index in [1.807, 2.05) is 0 Å². The summed E-state index contributed by atoms with van der Waals surface area (Å²) in [5.41, 5.74) is 1.17. The van der Waals surface area contributed by atoms with Crippen LogP contribution in [-0.2, 0) is 4.79 Å². The summed E-state index contributed by atoms with van der Waals surface area (Å²) in [5, 5.41) is 2.74. The second-order valence-electron chi connectivity index (χ2n) is 7.65. The number of hydrogen-bond acceptors (Lipinski definition) is 7. The third-order valence-electron chi connectivity index (χ3n) is 5.52. The quantitative estimate of drug-likeness (QED) is 0.554. The molecule has 2 atom stereocenters. The van der Waals surface area contributed by atoms with Crippen LogP contribution in [0.25, 0.3) is 22.2 Å². The molecule has 11 heteroatoms. The molecule has 0 spiro atoms. The Balaban J connectivity index is 1.84. The Morgan fingerprint density at radius 1 is 1.09 bits per heavy atom. The molecule has 180 valence electrons. The maximum absolute atomic E-state index is 13.9. The zero-order chi connectivity index (χ0) is 24.5. The van der Waals surface area contributed by atoms with Gasteiger partial charge in [0.05, 0.1) is 37.9 Å². The van der Waals surface area contributed by atoms with E-state index < -0.39 is 24.1 Å². The molecule has 1 N–H and O–H groups in total. The molecule has 1 fully saturated rings. The molecule has 3 heterocycles. The number of methoxy groups -OCH3 is 3. The number of rotatable bonds is 7. The van der Waals surface area contributed by atoms with E-state index in [0.717, 1.165) is 0 Å². The second-order valence-corrected chi connectivity index (χ2v) is 7.65. The SMILES string of the molecule is COc1cc(-c2cc3ncccc3c(OC([C@H]3CNC(=O)C3)C(F)(F)F)n2)cc(OC)c1OC. The zero-order valence-corrected chi connectivity index (χ0v) is 18.6. The van der Waals surface area contributed by atoms with Crippen molar-refractivity contribution in [2.45, 2.75) is 18.7 Å². The first-order valence-corrected chi connectivity index (χ1v) is 10.3. The van der Waals surface area contributed by atoms with Crippen LogP contribution in [0.5, 0.6) is 23.1 Å². The van der Waals surface area contributed by atoms with Gasteiger partial charge in [0.2, 0.25) is 23.6 Å². The molecule has 1 aromatic carbocycles. The number of nitrogens with zero attached hydrogens (tertiary/aromatic N) is 2. The molecule has 1 amide bonds. The van der Waals surface area contributed by atoms with Crippen LogP contribution in [-0.4, -0.2) is 56.0 Å². The lowest BCUT2D eigenvalue weighted by atomic mass is 10.0. The van der Waals surface area contributed by atoms with Crippen molar-refractivity contribution in [1.82, 2.24) is 15.3 Å². The highest BCUT2D eigenvalue weighted by atomic mass is 19.4. The normalized spacial score (nSPS) is 16.8. The summed E-state index contributed by atoms with van der Waals surface area (Å²) in [7, 11) is 4.37. The van der Waals surface area contributed by atoms with Gasteiger partial charge in [-0.3, -0.25) is 9.78 Å². The van der Waals surface area contributed by atoms with Crippen LogP contribution < -0.4 is 24.3 Å². The third-order valence-corrected chi connectivity index (χ3v) is 5.52. The Morgan fingerprint density at radius 3 is 2.35 bits per heavy atom. The Hall–Kier alpha value is -3.76. The van der Waals surface area contributed by atoms with Crippen LogP contribution in [0.15, 0.2) is 36.5 Å². The van der Waals surface area contributed by atoms with Crippen LogP contribution in [0, 0.1) is 5.92 Å². The van der Waals surface area contributed by atoms with E-state index in [0.29, 0.717) is 39.4 Å². The molecule has 0 radical (unpaired) electrons. The van der Waals surface area contributed by atoms with E-state index >= 15 is 0 Å². The number of halogens is 3. The predicted octanol–water partition coefficient (Wildman–Crippen LogP) is 3.77. The largest absolute Gasteiger partial charge is 0.493 e. The number of alkyl halides is 3. The Kier molecular flexibility index (Phi) is 6.36. The summed E-state index contributed by atoms with van der Waals surface area (Å²) >= 11 is 0. The molecule has 1 aliphatic rings. The summed E-state index contributed by atoms with van der Waals surface area (Å²) in [6.07, 6.45) is -5.70. The maximum atomic E-state index is 13.9. The number of carbonyl (C=O) groups is 1. The van der Waals surface area contributed by atoms with Crippen molar-refractivity contribution in [3.8, 4) is 34.4 Å². The fourth-order valence-electron chi connectivity index (χ4n) is 3.90. The molecular weight excluding hydrogens is 455 g/mol. The second kappa shape index (κ2) is 9.24. The molecule has 8 nitrogen and oxygen atoms in total.